The lowest BCUT2D eigenvalue weighted by molar-refractivity contribution is 0.100. The van der Waals surface area contributed by atoms with Crippen molar-refractivity contribution in [2.45, 2.75) is 19.3 Å². The van der Waals surface area contributed by atoms with Crippen LogP contribution >= 0.6 is 11.3 Å². The Morgan fingerprint density at radius 1 is 1.17 bits per heavy atom. The quantitative estimate of drug-likeness (QED) is 0.794. The van der Waals surface area contributed by atoms with E-state index in [1.54, 1.807) is 17.7 Å². The fourth-order valence-corrected chi connectivity index (χ4v) is 4.28. The van der Waals surface area contributed by atoms with Gasteiger partial charge >= 0.3 is 0 Å². The topological polar surface area (TPSA) is 72.1 Å². The van der Waals surface area contributed by atoms with Gasteiger partial charge in [0.1, 0.15) is 11.2 Å². The van der Waals surface area contributed by atoms with Crippen LogP contribution in [-0.4, -0.2) is 29.0 Å². The fourth-order valence-electron chi connectivity index (χ4n) is 3.40. The van der Waals surface area contributed by atoms with Crippen molar-refractivity contribution in [1.82, 2.24) is 9.97 Å². The van der Waals surface area contributed by atoms with Crippen LogP contribution in [0.2, 0.25) is 0 Å². The average Bonchev–Trinajstić information content (AvgIpc) is 3.05. The molecule has 0 spiro atoms. The zero-order chi connectivity index (χ0) is 16.5. The summed E-state index contributed by atoms with van der Waals surface area (Å²) in [6.07, 6.45) is 6.92. The van der Waals surface area contributed by atoms with Gasteiger partial charge in [0, 0.05) is 41.2 Å². The van der Waals surface area contributed by atoms with Crippen molar-refractivity contribution in [2.24, 2.45) is 5.73 Å². The summed E-state index contributed by atoms with van der Waals surface area (Å²) in [4.78, 5) is 23.8. The van der Waals surface area contributed by atoms with Crippen LogP contribution in [0.15, 0.2) is 36.1 Å². The predicted octanol–water partition coefficient (Wildman–Crippen LogP) is 3.45. The number of para-hydroxylation sites is 1. The predicted molar refractivity (Wildman–Crippen MR) is 97.4 cm³/mol. The minimum atomic E-state index is -0.381. The number of rotatable bonds is 3. The molecule has 3 heterocycles. The Morgan fingerprint density at radius 3 is 2.79 bits per heavy atom. The molecule has 1 fully saturated rings. The Labute approximate surface area is 144 Å². The molecule has 2 N–H and O–H groups in total. The molecule has 4 rings (SSSR count). The molecule has 0 atom stereocenters. The number of benzene rings is 1. The highest BCUT2D eigenvalue weighted by molar-refractivity contribution is 7.17. The Morgan fingerprint density at radius 2 is 2.00 bits per heavy atom. The number of nitrogens with zero attached hydrogens (tertiary/aromatic N) is 3. The van der Waals surface area contributed by atoms with Gasteiger partial charge in [0.05, 0.1) is 11.3 Å². The van der Waals surface area contributed by atoms with Crippen LogP contribution in [0, 0.1) is 0 Å². The van der Waals surface area contributed by atoms with E-state index in [9.17, 15) is 4.79 Å². The lowest BCUT2D eigenvalue weighted by Gasteiger charge is -2.32. The Kier molecular flexibility index (Phi) is 3.90. The van der Waals surface area contributed by atoms with Crippen LogP contribution in [0.4, 0.5) is 5.69 Å². The second-order valence-corrected chi connectivity index (χ2v) is 6.86. The van der Waals surface area contributed by atoms with Gasteiger partial charge in [-0.05, 0) is 25.3 Å². The van der Waals surface area contributed by atoms with Gasteiger partial charge in [-0.15, -0.1) is 11.3 Å². The number of fused-ring (bicyclic) bond motifs is 1. The molecule has 0 unspecified atom stereocenters. The average molecular weight is 338 g/mol. The number of primary amides is 1. The molecule has 0 bridgehead atoms. The molecule has 2 aromatic heterocycles. The summed E-state index contributed by atoms with van der Waals surface area (Å²) in [7, 11) is 0. The molecule has 1 aromatic carbocycles. The molecule has 24 heavy (non-hydrogen) atoms. The van der Waals surface area contributed by atoms with Gasteiger partial charge in [-0.3, -0.25) is 4.79 Å². The monoisotopic (exact) mass is 338 g/mol. The lowest BCUT2D eigenvalue weighted by atomic mass is 9.97. The van der Waals surface area contributed by atoms with E-state index >= 15 is 0 Å². The molecule has 1 aliphatic rings. The van der Waals surface area contributed by atoms with Gasteiger partial charge in [-0.1, -0.05) is 12.1 Å². The number of nitrogens with two attached hydrogens (primary N) is 1. The number of thiophene rings is 1. The highest BCUT2D eigenvalue weighted by atomic mass is 32.1. The number of hydrogen-bond donors (Lipinski definition) is 1. The van der Waals surface area contributed by atoms with E-state index in [1.807, 2.05) is 18.3 Å². The maximum Gasteiger partial charge on any atom is 0.250 e. The third-order valence-electron chi connectivity index (χ3n) is 4.52. The number of anilines is 1. The van der Waals surface area contributed by atoms with E-state index in [-0.39, 0.29) is 5.91 Å². The first kappa shape index (κ1) is 15.1. The Balaban J connectivity index is 1.94. The largest absolute Gasteiger partial charge is 0.370 e. The van der Waals surface area contributed by atoms with Crippen LogP contribution in [-0.2, 0) is 0 Å². The molecule has 1 aliphatic heterocycles. The van der Waals surface area contributed by atoms with Gasteiger partial charge in [-0.25, -0.2) is 9.97 Å². The van der Waals surface area contributed by atoms with Crippen molar-refractivity contribution in [2.75, 3.05) is 18.0 Å². The van der Waals surface area contributed by atoms with Crippen LogP contribution in [0.3, 0.4) is 0 Å². The van der Waals surface area contributed by atoms with E-state index in [2.05, 4.69) is 26.3 Å². The van der Waals surface area contributed by atoms with Crippen LogP contribution in [0.25, 0.3) is 21.3 Å². The molecule has 0 aliphatic carbocycles. The summed E-state index contributed by atoms with van der Waals surface area (Å²) in [5.41, 5.74) is 9.31. The van der Waals surface area contributed by atoms with Gasteiger partial charge in [0.25, 0.3) is 5.91 Å². The Hall–Kier alpha value is -2.47. The number of piperidine rings is 1. The first-order valence-electron chi connectivity index (χ1n) is 8.11. The summed E-state index contributed by atoms with van der Waals surface area (Å²) in [5.74, 6) is -0.381. The summed E-state index contributed by atoms with van der Waals surface area (Å²) in [5, 5.41) is 3.11. The normalized spacial score (nSPS) is 14.9. The third kappa shape index (κ3) is 2.53. The molecular weight excluding hydrogens is 320 g/mol. The standard InChI is InChI=1S/C18H18N4OS/c19-17(23)13-6-4-5-12(16(13)22-7-2-1-3-8-22)15-10-24-18-14(15)9-20-11-21-18/h4-6,9-11H,1-3,7-8H2,(H2,19,23). The summed E-state index contributed by atoms with van der Waals surface area (Å²) < 4.78 is 0. The van der Waals surface area contributed by atoms with Crippen molar-refractivity contribution in [3.63, 3.8) is 0 Å². The minimum absolute atomic E-state index is 0.381. The first-order chi connectivity index (χ1) is 11.8. The highest BCUT2D eigenvalue weighted by Gasteiger charge is 2.22. The van der Waals surface area contributed by atoms with E-state index in [4.69, 9.17) is 5.73 Å². The Bertz CT molecular complexity index is 899. The van der Waals surface area contributed by atoms with Gasteiger partial charge < -0.3 is 10.6 Å². The second-order valence-electron chi connectivity index (χ2n) is 6.00. The van der Waals surface area contributed by atoms with E-state index in [0.29, 0.717) is 5.56 Å². The van der Waals surface area contributed by atoms with Crippen molar-refractivity contribution in [3.8, 4) is 11.1 Å². The number of aromatic nitrogens is 2. The fraction of sp³-hybridized carbons (Fsp3) is 0.278. The smallest absolute Gasteiger partial charge is 0.250 e. The van der Waals surface area contributed by atoms with Crippen molar-refractivity contribution >= 4 is 33.1 Å². The van der Waals surface area contributed by atoms with Gasteiger partial charge in [0.15, 0.2) is 0 Å². The number of hydrogen-bond acceptors (Lipinski definition) is 5. The summed E-state index contributed by atoms with van der Waals surface area (Å²) >= 11 is 1.59. The highest BCUT2D eigenvalue weighted by Crippen LogP contribution is 2.40. The number of carbonyl (C=O) groups is 1. The van der Waals surface area contributed by atoms with Gasteiger partial charge in [-0.2, -0.15) is 0 Å². The molecule has 6 heteroatoms. The maximum atomic E-state index is 12.0. The van der Waals surface area contributed by atoms with Crippen LogP contribution in [0.1, 0.15) is 29.6 Å². The van der Waals surface area contributed by atoms with E-state index in [0.717, 1.165) is 53.0 Å². The molecule has 1 saturated heterocycles. The summed E-state index contributed by atoms with van der Waals surface area (Å²) in [6.45, 7) is 1.91. The molecule has 1 amide bonds. The maximum absolute atomic E-state index is 12.0. The van der Waals surface area contributed by atoms with Crippen molar-refractivity contribution in [1.29, 1.82) is 0 Å². The van der Waals surface area contributed by atoms with E-state index < -0.39 is 0 Å². The van der Waals surface area contributed by atoms with Crippen LogP contribution in [0.5, 0.6) is 0 Å². The second kappa shape index (κ2) is 6.20. The summed E-state index contributed by atoms with van der Waals surface area (Å²) in [6, 6.07) is 5.78. The third-order valence-corrected chi connectivity index (χ3v) is 5.42. The first-order valence-corrected chi connectivity index (χ1v) is 8.99. The molecular formula is C18H18N4OS. The number of carbonyl (C=O) groups excluding carboxylic acids is 1. The van der Waals surface area contributed by atoms with Crippen LogP contribution < -0.4 is 10.6 Å². The number of amides is 1. The molecule has 0 radical (unpaired) electrons. The lowest BCUT2D eigenvalue weighted by Crippen LogP contribution is -2.32. The zero-order valence-electron chi connectivity index (χ0n) is 13.2. The molecule has 0 saturated carbocycles. The molecule has 122 valence electrons. The zero-order valence-corrected chi connectivity index (χ0v) is 14.1. The van der Waals surface area contributed by atoms with Gasteiger partial charge in [0.2, 0.25) is 0 Å². The van der Waals surface area contributed by atoms with Crippen molar-refractivity contribution < 1.29 is 4.79 Å². The molecule has 3 aromatic rings. The minimum Gasteiger partial charge on any atom is -0.370 e. The van der Waals surface area contributed by atoms with Crippen molar-refractivity contribution in [3.05, 3.63) is 41.7 Å². The SMILES string of the molecule is NC(=O)c1cccc(-c2csc3ncncc23)c1N1CCCCC1. The van der Waals surface area contributed by atoms with E-state index in [1.165, 1.54) is 6.42 Å². The molecule has 5 nitrogen and oxygen atoms in total.